The molecule has 2 saturated carbocycles. The number of carbonyl (C=O) groups is 1. The molecule has 0 amide bonds. The molecule has 0 saturated heterocycles. The minimum absolute atomic E-state index is 0.0752. The first-order chi connectivity index (χ1) is 8.25. The Morgan fingerprint density at radius 1 is 1.24 bits per heavy atom. The van der Waals surface area contributed by atoms with Crippen molar-refractivity contribution in [3.8, 4) is 0 Å². The third kappa shape index (κ3) is 1.83. The number of carboxylic acid groups (broad SMARTS) is 1. The summed E-state index contributed by atoms with van der Waals surface area (Å²) in [4.78, 5) is 15.5. The summed E-state index contributed by atoms with van der Waals surface area (Å²) in [6.07, 6.45) is 6.00. The van der Waals surface area contributed by atoms with Crippen molar-refractivity contribution in [1.29, 1.82) is 0 Å². The van der Waals surface area contributed by atoms with Gasteiger partial charge in [-0.3, -0.25) is 4.79 Å². The van der Waals surface area contributed by atoms with Crippen LogP contribution in [0.25, 0.3) is 0 Å². The maximum Gasteiger partial charge on any atom is 0.307 e. The molecule has 2 atom stereocenters. The van der Waals surface area contributed by atoms with Crippen LogP contribution in [0.3, 0.4) is 0 Å². The summed E-state index contributed by atoms with van der Waals surface area (Å²) in [6, 6.07) is 0. The normalized spacial score (nSPS) is 29.2. The first-order valence-corrected chi connectivity index (χ1v) is 6.32. The first-order valence-electron chi connectivity index (χ1n) is 6.32. The zero-order valence-corrected chi connectivity index (χ0v) is 9.63. The van der Waals surface area contributed by atoms with Gasteiger partial charge in [-0.2, -0.15) is 4.98 Å². The van der Waals surface area contributed by atoms with E-state index >= 15 is 0 Å². The summed E-state index contributed by atoms with van der Waals surface area (Å²) in [7, 11) is 0. The van der Waals surface area contributed by atoms with Crippen LogP contribution in [0, 0.1) is 5.92 Å². The van der Waals surface area contributed by atoms with Crippen LogP contribution in [0.2, 0.25) is 0 Å². The summed E-state index contributed by atoms with van der Waals surface area (Å²) < 4.78 is 5.26. The standard InChI is InChI=1S/C12H16N2O3/c15-12(16)9-6-2-5-8(9)11-13-10(14-17-11)7-3-1-4-7/h7-9H,1-6H2,(H,15,16). The van der Waals surface area contributed by atoms with E-state index in [0.29, 0.717) is 11.8 Å². The number of nitrogens with zero attached hydrogens (tertiary/aromatic N) is 2. The fourth-order valence-corrected chi connectivity index (χ4v) is 2.78. The molecule has 17 heavy (non-hydrogen) atoms. The molecule has 2 aliphatic rings. The Labute approximate surface area is 99.2 Å². The minimum Gasteiger partial charge on any atom is -0.481 e. The van der Waals surface area contributed by atoms with Crippen molar-refractivity contribution in [3.63, 3.8) is 0 Å². The van der Waals surface area contributed by atoms with Crippen molar-refractivity contribution in [2.24, 2.45) is 5.92 Å². The molecule has 1 aromatic heterocycles. The van der Waals surface area contributed by atoms with Gasteiger partial charge in [0.2, 0.25) is 5.89 Å². The average molecular weight is 236 g/mol. The lowest BCUT2D eigenvalue weighted by molar-refractivity contribution is -0.142. The average Bonchev–Trinajstić information content (AvgIpc) is 2.79. The molecule has 2 aliphatic carbocycles. The maximum atomic E-state index is 11.1. The van der Waals surface area contributed by atoms with Crippen LogP contribution < -0.4 is 0 Å². The fraction of sp³-hybridized carbons (Fsp3) is 0.750. The quantitative estimate of drug-likeness (QED) is 0.871. The highest BCUT2D eigenvalue weighted by Gasteiger charge is 2.38. The van der Waals surface area contributed by atoms with Crippen LogP contribution in [-0.2, 0) is 4.79 Å². The predicted molar refractivity (Wildman–Crippen MR) is 58.6 cm³/mol. The van der Waals surface area contributed by atoms with Crippen LogP contribution in [-0.4, -0.2) is 21.2 Å². The Balaban J connectivity index is 1.78. The van der Waals surface area contributed by atoms with Crippen LogP contribution >= 0.6 is 0 Å². The van der Waals surface area contributed by atoms with Gasteiger partial charge in [0.25, 0.3) is 0 Å². The smallest absolute Gasteiger partial charge is 0.307 e. The topological polar surface area (TPSA) is 76.2 Å². The molecular formula is C12H16N2O3. The Morgan fingerprint density at radius 2 is 2.00 bits per heavy atom. The van der Waals surface area contributed by atoms with Gasteiger partial charge in [-0.05, 0) is 25.7 Å². The number of carboxylic acids is 1. The summed E-state index contributed by atoms with van der Waals surface area (Å²) in [6.45, 7) is 0. The van der Waals surface area contributed by atoms with Gasteiger partial charge in [0.15, 0.2) is 5.82 Å². The molecule has 0 bridgehead atoms. The zero-order chi connectivity index (χ0) is 11.8. The Morgan fingerprint density at radius 3 is 2.65 bits per heavy atom. The van der Waals surface area contributed by atoms with E-state index in [1.165, 1.54) is 6.42 Å². The van der Waals surface area contributed by atoms with Crippen LogP contribution in [0.5, 0.6) is 0 Å². The third-order valence-electron chi connectivity index (χ3n) is 4.08. The van der Waals surface area contributed by atoms with E-state index in [4.69, 9.17) is 9.63 Å². The number of aliphatic carboxylic acids is 1. The summed E-state index contributed by atoms with van der Waals surface area (Å²) in [5.41, 5.74) is 0. The van der Waals surface area contributed by atoms with Crippen molar-refractivity contribution < 1.29 is 14.4 Å². The summed E-state index contributed by atoms with van der Waals surface area (Å²) >= 11 is 0. The molecule has 1 N–H and O–H groups in total. The lowest BCUT2D eigenvalue weighted by Gasteiger charge is -2.21. The molecule has 2 fully saturated rings. The van der Waals surface area contributed by atoms with Gasteiger partial charge in [-0.1, -0.05) is 18.0 Å². The zero-order valence-electron chi connectivity index (χ0n) is 9.63. The molecule has 0 spiro atoms. The van der Waals surface area contributed by atoms with Gasteiger partial charge in [-0.25, -0.2) is 0 Å². The third-order valence-corrected chi connectivity index (χ3v) is 4.08. The molecule has 1 aromatic rings. The molecule has 0 aliphatic heterocycles. The van der Waals surface area contributed by atoms with Gasteiger partial charge < -0.3 is 9.63 Å². The first kappa shape index (κ1) is 10.7. The minimum atomic E-state index is -0.740. The van der Waals surface area contributed by atoms with E-state index < -0.39 is 5.97 Å². The molecule has 5 nitrogen and oxygen atoms in total. The SMILES string of the molecule is O=C(O)C1CCCC1c1nc(C2CCC2)no1. The van der Waals surface area contributed by atoms with Crippen molar-refractivity contribution in [1.82, 2.24) is 10.1 Å². The van der Waals surface area contributed by atoms with Crippen molar-refractivity contribution in [2.75, 3.05) is 0 Å². The van der Waals surface area contributed by atoms with Gasteiger partial charge in [0.1, 0.15) is 0 Å². The molecule has 3 rings (SSSR count). The summed E-state index contributed by atoms with van der Waals surface area (Å²) in [5, 5.41) is 13.1. The Kier molecular flexibility index (Phi) is 2.61. The van der Waals surface area contributed by atoms with E-state index in [-0.39, 0.29) is 11.8 Å². The lowest BCUT2D eigenvalue weighted by atomic mass is 9.85. The second-order valence-electron chi connectivity index (χ2n) is 5.10. The summed E-state index contributed by atoms with van der Waals surface area (Å²) in [5.74, 6) is 0.602. The van der Waals surface area contributed by atoms with E-state index in [9.17, 15) is 4.79 Å². The van der Waals surface area contributed by atoms with Crippen molar-refractivity contribution in [2.45, 2.75) is 50.4 Å². The van der Waals surface area contributed by atoms with E-state index in [1.807, 2.05) is 0 Å². The highest BCUT2D eigenvalue weighted by molar-refractivity contribution is 5.71. The van der Waals surface area contributed by atoms with Gasteiger partial charge in [0, 0.05) is 5.92 Å². The fourth-order valence-electron chi connectivity index (χ4n) is 2.78. The Bertz CT molecular complexity index is 425. The van der Waals surface area contributed by atoms with Crippen LogP contribution in [0.4, 0.5) is 0 Å². The van der Waals surface area contributed by atoms with E-state index in [1.54, 1.807) is 0 Å². The number of hydrogen-bond acceptors (Lipinski definition) is 4. The predicted octanol–water partition coefficient (Wildman–Crippen LogP) is 2.31. The number of hydrogen-bond donors (Lipinski definition) is 1. The highest BCUT2D eigenvalue weighted by Crippen LogP contribution is 2.40. The second kappa shape index (κ2) is 4.13. The molecular weight excluding hydrogens is 220 g/mol. The molecule has 2 unspecified atom stereocenters. The number of aromatic nitrogens is 2. The van der Waals surface area contributed by atoms with E-state index in [0.717, 1.165) is 37.9 Å². The monoisotopic (exact) mass is 236 g/mol. The molecule has 0 radical (unpaired) electrons. The van der Waals surface area contributed by atoms with Crippen LogP contribution in [0.15, 0.2) is 4.52 Å². The number of rotatable bonds is 3. The Hall–Kier alpha value is -1.39. The molecule has 5 heteroatoms. The van der Waals surface area contributed by atoms with Gasteiger partial charge >= 0.3 is 5.97 Å². The maximum absolute atomic E-state index is 11.1. The van der Waals surface area contributed by atoms with Gasteiger partial charge in [0.05, 0.1) is 11.8 Å². The van der Waals surface area contributed by atoms with Crippen molar-refractivity contribution >= 4 is 5.97 Å². The lowest BCUT2D eigenvalue weighted by Crippen LogP contribution is -2.17. The van der Waals surface area contributed by atoms with Crippen LogP contribution in [0.1, 0.15) is 62.1 Å². The molecule has 1 heterocycles. The molecule has 0 aromatic carbocycles. The van der Waals surface area contributed by atoms with E-state index in [2.05, 4.69) is 10.1 Å². The molecule has 92 valence electrons. The van der Waals surface area contributed by atoms with Crippen molar-refractivity contribution in [3.05, 3.63) is 11.7 Å². The second-order valence-corrected chi connectivity index (χ2v) is 5.10. The highest BCUT2D eigenvalue weighted by atomic mass is 16.5. The largest absolute Gasteiger partial charge is 0.481 e. The van der Waals surface area contributed by atoms with Gasteiger partial charge in [-0.15, -0.1) is 0 Å².